The van der Waals surface area contributed by atoms with Crippen LogP contribution >= 0.6 is 11.3 Å². The van der Waals surface area contributed by atoms with E-state index in [1.807, 2.05) is 29.2 Å². The van der Waals surface area contributed by atoms with Gasteiger partial charge in [-0.2, -0.15) is 9.61 Å². The lowest BCUT2D eigenvalue weighted by atomic mass is 10.1. The summed E-state index contributed by atoms with van der Waals surface area (Å²) in [7, 11) is 1.62. The van der Waals surface area contributed by atoms with Crippen molar-refractivity contribution in [1.29, 1.82) is 0 Å². The number of carbonyl (C=O) groups is 1. The Morgan fingerprint density at radius 2 is 1.81 bits per heavy atom. The highest BCUT2D eigenvalue weighted by molar-refractivity contribution is 7.19. The fraction of sp³-hybridized carbons (Fsp3) is 0.280. The number of benzene rings is 2. The third-order valence-electron chi connectivity index (χ3n) is 6.30. The maximum atomic E-state index is 13.0. The van der Waals surface area contributed by atoms with Crippen molar-refractivity contribution in [2.24, 2.45) is 0 Å². The molecule has 10 nitrogen and oxygen atoms in total. The van der Waals surface area contributed by atoms with Gasteiger partial charge in [0.05, 0.1) is 12.8 Å². The molecular formula is C25H23N5O5S. The molecule has 1 saturated heterocycles. The Bertz CT molecular complexity index is 1490. The standard InChI is InChI=1S/C25H23N5O5S/c1-33-19-5-2-16(3-6-19)23-27-30-22(31)13-18(26-25(30)36-23)14-28-8-10-29(11-9-28)24(32)17-4-7-20-21(12-17)35-15-34-20/h2-7,12-13H,8-11,14-15H2,1H3. The molecule has 2 aliphatic rings. The summed E-state index contributed by atoms with van der Waals surface area (Å²) in [6.07, 6.45) is 0. The second-order valence-electron chi connectivity index (χ2n) is 8.55. The van der Waals surface area contributed by atoms with Crippen molar-refractivity contribution < 1.29 is 19.0 Å². The van der Waals surface area contributed by atoms with Gasteiger partial charge in [-0.25, -0.2) is 4.98 Å². The molecule has 2 aromatic heterocycles. The van der Waals surface area contributed by atoms with Crippen LogP contribution in [-0.2, 0) is 6.54 Å². The van der Waals surface area contributed by atoms with E-state index in [-0.39, 0.29) is 18.3 Å². The van der Waals surface area contributed by atoms with Crippen molar-refractivity contribution in [3.8, 4) is 27.8 Å². The monoisotopic (exact) mass is 505 g/mol. The molecule has 4 aromatic rings. The van der Waals surface area contributed by atoms with Crippen LogP contribution in [-0.4, -0.2) is 70.4 Å². The van der Waals surface area contributed by atoms with Crippen molar-refractivity contribution in [2.75, 3.05) is 40.1 Å². The lowest BCUT2D eigenvalue weighted by Gasteiger charge is -2.34. The summed E-state index contributed by atoms with van der Waals surface area (Å²) in [5, 5.41) is 5.17. The molecule has 4 heterocycles. The molecule has 0 bridgehead atoms. The first-order valence-corrected chi connectivity index (χ1v) is 12.3. The van der Waals surface area contributed by atoms with Crippen molar-refractivity contribution >= 4 is 22.2 Å². The van der Waals surface area contributed by atoms with Gasteiger partial charge in [0, 0.05) is 49.9 Å². The van der Waals surface area contributed by atoms with E-state index in [1.54, 1.807) is 25.3 Å². The number of piperazine rings is 1. The van der Waals surface area contributed by atoms with Gasteiger partial charge in [0.2, 0.25) is 11.8 Å². The second kappa shape index (κ2) is 9.25. The molecule has 0 radical (unpaired) electrons. The molecule has 0 aliphatic carbocycles. The topological polar surface area (TPSA) is 98.5 Å². The van der Waals surface area contributed by atoms with Gasteiger partial charge in [-0.15, -0.1) is 0 Å². The Balaban J connectivity index is 1.12. The van der Waals surface area contributed by atoms with Crippen LogP contribution < -0.4 is 19.8 Å². The SMILES string of the molecule is COc1ccc(-c2nn3c(=O)cc(CN4CCN(C(=O)c5ccc6c(c5)OCO6)CC4)nc3s2)cc1. The zero-order chi connectivity index (χ0) is 24.6. The average Bonchev–Trinajstić information content (AvgIpc) is 3.56. The highest BCUT2D eigenvalue weighted by Gasteiger charge is 2.24. The van der Waals surface area contributed by atoms with Crippen LogP contribution in [0.3, 0.4) is 0 Å². The summed E-state index contributed by atoms with van der Waals surface area (Å²) >= 11 is 1.37. The predicted octanol–water partition coefficient (Wildman–Crippen LogP) is 2.51. The molecule has 184 valence electrons. The first-order chi connectivity index (χ1) is 17.6. The summed E-state index contributed by atoms with van der Waals surface area (Å²) in [5.74, 6) is 2.00. The van der Waals surface area contributed by atoms with Gasteiger partial charge in [-0.05, 0) is 42.5 Å². The Labute approximate surface area is 210 Å². The lowest BCUT2D eigenvalue weighted by Crippen LogP contribution is -2.48. The number of carbonyl (C=O) groups excluding carboxylic acids is 1. The fourth-order valence-corrected chi connectivity index (χ4v) is 5.27. The number of amides is 1. The summed E-state index contributed by atoms with van der Waals surface area (Å²) in [6, 6.07) is 14.4. The highest BCUT2D eigenvalue weighted by atomic mass is 32.1. The average molecular weight is 506 g/mol. The molecule has 1 fully saturated rings. The third kappa shape index (κ3) is 4.27. The number of fused-ring (bicyclic) bond motifs is 2. The van der Waals surface area contributed by atoms with E-state index in [2.05, 4.69) is 10.00 Å². The van der Waals surface area contributed by atoms with Crippen LogP contribution in [0.5, 0.6) is 17.2 Å². The number of rotatable bonds is 5. The lowest BCUT2D eigenvalue weighted by molar-refractivity contribution is 0.0626. The van der Waals surface area contributed by atoms with Crippen LogP contribution in [0.2, 0.25) is 0 Å². The highest BCUT2D eigenvalue weighted by Crippen LogP contribution is 2.33. The predicted molar refractivity (Wildman–Crippen MR) is 133 cm³/mol. The Hall–Kier alpha value is -3.96. The van der Waals surface area contributed by atoms with E-state index < -0.39 is 0 Å². The van der Waals surface area contributed by atoms with Crippen LogP contribution in [0.1, 0.15) is 16.1 Å². The molecular weight excluding hydrogens is 482 g/mol. The molecule has 0 atom stereocenters. The van der Waals surface area contributed by atoms with Gasteiger partial charge in [0.15, 0.2) is 11.5 Å². The molecule has 1 amide bonds. The van der Waals surface area contributed by atoms with Crippen LogP contribution in [0.25, 0.3) is 15.5 Å². The van der Waals surface area contributed by atoms with Crippen molar-refractivity contribution in [3.05, 3.63) is 70.1 Å². The Kier molecular flexibility index (Phi) is 5.78. The largest absolute Gasteiger partial charge is 0.497 e. The molecule has 0 saturated carbocycles. The van der Waals surface area contributed by atoms with Crippen LogP contribution in [0.4, 0.5) is 0 Å². The fourth-order valence-electron chi connectivity index (χ4n) is 4.34. The van der Waals surface area contributed by atoms with Crippen LogP contribution in [0, 0.1) is 0 Å². The Morgan fingerprint density at radius 1 is 1.03 bits per heavy atom. The second-order valence-corrected chi connectivity index (χ2v) is 9.51. The maximum absolute atomic E-state index is 13.0. The van der Waals surface area contributed by atoms with Gasteiger partial charge in [0.25, 0.3) is 11.5 Å². The van der Waals surface area contributed by atoms with Crippen molar-refractivity contribution in [3.63, 3.8) is 0 Å². The third-order valence-corrected chi connectivity index (χ3v) is 7.26. The summed E-state index contributed by atoms with van der Waals surface area (Å²) in [5.41, 5.74) is 1.98. The molecule has 0 spiro atoms. The van der Waals surface area contributed by atoms with E-state index in [1.165, 1.54) is 21.9 Å². The van der Waals surface area contributed by atoms with Crippen molar-refractivity contribution in [1.82, 2.24) is 24.4 Å². The number of ether oxygens (including phenoxy) is 3. The molecule has 2 aliphatic heterocycles. The zero-order valence-corrected chi connectivity index (χ0v) is 20.4. The van der Waals surface area contributed by atoms with Gasteiger partial charge in [-0.3, -0.25) is 14.5 Å². The summed E-state index contributed by atoms with van der Waals surface area (Å²) in [4.78, 5) is 35.0. The van der Waals surface area contributed by atoms with Gasteiger partial charge in [0.1, 0.15) is 10.8 Å². The quantitative estimate of drug-likeness (QED) is 0.408. The minimum absolute atomic E-state index is 0.0264. The summed E-state index contributed by atoms with van der Waals surface area (Å²) in [6.45, 7) is 3.29. The first-order valence-electron chi connectivity index (χ1n) is 11.5. The van der Waals surface area contributed by atoms with Gasteiger partial charge >= 0.3 is 0 Å². The number of hydrogen-bond donors (Lipinski definition) is 0. The molecule has 0 N–H and O–H groups in total. The first kappa shape index (κ1) is 22.5. The molecule has 2 aromatic carbocycles. The maximum Gasteiger partial charge on any atom is 0.275 e. The van der Waals surface area contributed by atoms with E-state index in [0.29, 0.717) is 60.4 Å². The molecule has 6 rings (SSSR count). The normalized spacial score (nSPS) is 15.4. The number of aromatic nitrogens is 3. The number of methoxy groups -OCH3 is 1. The molecule has 11 heteroatoms. The van der Waals surface area contributed by atoms with E-state index in [4.69, 9.17) is 19.2 Å². The van der Waals surface area contributed by atoms with Crippen LogP contribution in [0.15, 0.2) is 53.3 Å². The zero-order valence-electron chi connectivity index (χ0n) is 19.5. The van der Waals surface area contributed by atoms with Gasteiger partial charge in [-0.1, -0.05) is 11.3 Å². The van der Waals surface area contributed by atoms with Gasteiger partial charge < -0.3 is 19.1 Å². The van der Waals surface area contributed by atoms with E-state index >= 15 is 0 Å². The Morgan fingerprint density at radius 3 is 2.58 bits per heavy atom. The minimum atomic E-state index is -0.206. The number of nitrogens with zero attached hydrogens (tertiary/aromatic N) is 5. The minimum Gasteiger partial charge on any atom is -0.497 e. The van der Waals surface area contributed by atoms with Crippen molar-refractivity contribution in [2.45, 2.75) is 6.54 Å². The van der Waals surface area contributed by atoms with E-state index in [9.17, 15) is 9.59 Å². The van der Waals surface area contributed by atoms with E-state index in [0.717, 1.165) is 16.3 Å². The molecule has 0 unspecified atom stereocenters. The summed E-state index contributed by atoms with van der Waals surface area (Å²) < 4.78 is 17.3. The number of hydrogen-bond acceptors (Lipinski definition) is 9. The smallest absolute Gasteiger partial charge is 0.275 e. The molecule has 36 heavy (non-hydrogen) atoms.